The molecule has 8 aliphatic rings. The maximum absolute atomic E-state index is 12.6. The summed E-state index contributed by atoms with van der Waals surface area (Å²) in [7, 11) is 0. The van der Waals surface area contributed by atoms with Crippen molar-refractivity contribution in [1.82, 2.24) is 0 Å². The van der Waals surface area contributed by atoms with Crippen LogP contribution in [0, 0.1) is 56.7 Å². The molecule has 5 saturated carbocycles. The maximum Gasteiger partial charge on any atom is 0.187 e. The minimum atomic E-state index is -1.66. The molecule has 364 valence electrons. The highest BCUT2D eigenvalue weighted by Crippen LogP contribution is 2.78. The molecule has 0 amide bonds. The molecule has 8 fully saturated rings. The zero-order valence-electron chi connectivity index (χ0n) is 38.8. The fourth-order valence-corrected chi connectivity index (χ4v) is 16.4. The molecule has 10 N–H and O–H groups in total. The first-order valence-corrected chi connectivity index (χ1v) is 23.9. The number of aliphatic hydroxyl groups excluding tert-OH is 10. The van der Waals surface area contributed by atoms with E-state index < -0.39 is 104 Å². The van der Waals surface area contributed by atoms with Crippen LogP contribution in [0.3, 0.4) is 0 Å². The highest BCUT2D eigenvalue weighted by molar-refractivity contribution is 5.21. The van der Waals surface area contributed by atoms with E-state index in [4.69, 9.17) is 28.4 Å². The molecule has 3 aliphatic heterocycles. The Morgan fingerprint density at radius 3 is 1.87 bits per heavy atom. The summed E-state index contributed by atoms with van der Waals surface area (Å²) in [6.07, 6.45) is -11.6. The first kappa shape index (κ1) is 48.8. The van der Waals surface area contributed by atoms with Gasteiger partial charge in [-0.3, -0.25) is 0 Å². The van der Waals surface area contributed by atoms with Crippen LogP contribution in [0.4, 0.5) is 0 Å². The Labute approximate surface area is 372 Å². The summed E-state index contributed by atoms with van der Waals surface area (Å²) in [5, 5.41) is 108. The number of ether oxygens (including phenoxy) is 6. The lowest BCUT2D eigenvalue weighted by Gasteiger charge is -2.74. The van der Waals surface area contributed by atoms with Crippen LogP contribution in [0.5, 0.6) is 0 Å². The van der Waals surface area contributed by atoms with Gasteiger partial charge in [-0.05, 0) is 135 Å². The minimum absolute atomic E-state index is 0.0100. The van der Waals surface area contributed by atoms with E-state index >= 15 is 0 Å². The van der Waals surface area contributed by atoms with Crippen LogP contribution in [-0.4, -0.2) is 168 Å². The Kier molecular flexibility index (Phi) is 13.0. The molecule has 16 nitrogen and oxygen atoms in total. The molecule has 0 aromatic carbocycles. The molecule has 16 heteroatoms. The number of hydrogen-bond acceptors (Lipinski definition) is 16. The van der Waals surface area contributed by atoms with Gasteiger partial charge in [0.15, 0.2) is 18.9 Å². The lowest BCUT2D eigenvalue weighted by atomic mass is 9.31. The maximum atomic E-state index is 12.6. The number of rotatable bonds is 8. The first-order chi connectivity index (χ1) is 29.3. The van der Waals surface area contributed by atoms with Gasteiger partial charge in [-0.25, -0.2) is 0 Å². The van der Waals surface area contributed by atoms with Gasteiger partial charge in [0, 0.05) is 0 Å². The molecular formula is C47H80O16. The van der Waals surface area contributed by atoms with Crippen molar-refractivity contribution in [2.24, 2.45) is 56.7 Å². The van der Waals surface area contributed by atoms with Crippen molar-refractivity contribution in [2.75, 3.05) is 13.2 Å². The average Bonchev–Trinajstić information content (AvgIpc) is 3.59. The fraction of sp³-hybridized carbons (Fsp3) is 1.00. The first-order valence-electron chi connectivity index (χ1n) is 23.9. The number of aliphatic hydroxyl groups is 10. The highest BCUT2D eigenvalue weighted by Gasteiger charge is 2.73. The average molecular weight is 901 g/mol. The predicted octanol–water partition coefficient (Wildman–Crippen LogP) is 1.33. The fourth-order valence-electron chi connectivity index (χ4n) is 16.4. The number of hydrogen-bond donors (Lipinski definition) is 10. The summed E-state index contributed by atoms with van der Waals surface area (Å²) < 4.78 is 36.3. The summed E-state index contributed by atoms with van der Waals surface area (Å²) in [5.74, 6) is 0.868. The lowest BCUT2D eigenvalue weighted by Crippen LogP contribution is -2.69. The van der Waals surface area contributed by atoms with E-state index in [1.54, 1.807) is 0 Å². The third kappa shape index (κ3) is 7.45. The summed E-state index contributed by atoms with van der Waals surface area (Å²) in [6, 6.07) is 0. The van der Waals surface area contributed by atoms with Gasteiger partial charge in [-0.15, -0.1) is 0 Å². The van der Waals surface area contributed by atoms with Gasteiger partial charge >= 0.3 is 0 Å². The molecule has 63 heavy (non-hydrogen) atoms. The van der Waals surface area contributed by atoms with E-state index in [0.29, 0.717) is 24.2 Å². The molecule has 0 bridgehead atoms. The van der Waals surface area contributed by atoms with Crippen LogP contribution in [0.25, 0.3) is 0 Å². The molecule has 0 spiro atoms. The van der Waals surface area contributed by atoms with Crippen molar-refractivity contribution >= 4 is 0 Å². The molecule has 0 aromatic rings. The van der Waals surface area contributed by atoms with E-state index in [-0.39, 0.29) is 51.6 Å². The van der Waals surface area contributed by atoms with Crippen LogP contribution >= 0.6 is 0 Å². The van der Waals surface area contributed by atoms with E-state index in [2.05, 4.69) is 41.5 Å². The van der Waals surface area contributed by atoms with Gasteiger partial charge in [-0.2, -0.15) is 0 Å². The van der Waals surface area contributed by atoms with Crippen LogP contribution in [0.15, 0.2) is 0 Å². The molecule has 0 unspecified atom stereocenters. The summed E-state index contributed by atoms with van der Waals surface area (Å²) in [6.45, 7) is 19.0. The summed E-state index contributed by atoms with van der Waals surface area (Å²) in [4.78, 5) is 0. The Bertz CT molecular complexity index is 1630. The molecule has 0 aromatic heterocycles. The van der Waals surface area contributed by atoms with E-state index in [1.807, 2.05) is 13.8 Å². The quantitative estimate of drug-likeness (QED) is 0.154. The van der Waals surface area contributed by atoms with Crippen molar-refractivity contribution in [3.8, 4) is 0 Å². The van der Waals surface area contributed by atoms with Crippen molar-refractivity contribution < 1.29 is 79.5 Å². The predicted molar refractivity (Wildman–Crippen MR) is 224 cm³/mol. The normalized spacial score (nSPS) is 57.1. The van der Waals surface area contributed by atoms with E-state index in [9.17, 15) is 51.1 Å². The molecule has 3 heterocycles. The Morgan fingerprint density at radius 2 is 1.21 bits per heavy atom. The standard InChI is InChI=1S/C47H80O16/c1-21-31(51)33(53)36(56)40(59-21)62-38-25(19-48)60-41(37(57)34(38)54)63-43(4,5)22-12-15-45(7)28-11-10-27-44(6)16-14-29(61-39-35(55)32(52)24(50)20-58-39)42(2,3)26(44)13-17-46(27,8)47(28,9)18-23(49)30(22)45/h21-41,48-57H,10-20H2,1-9H3/t21-,22+,23-,24-,25+,26+,27+,28+,29-,30+,31-,32-,33+,34+,35+,36+,37+,38-,39-,40-,41-,44+,45+,46+,47+/m0/s1. The van der Waals surface area contributed by atoms with Gasteiger partial charge in [0.05, 0.1) is 37.1 Å². The second kappa shape index (κ2) is 16.8. The highest BCUT2D eigenvalue weighted by atomic mass is 16.7. The molecule has 25 atom stereocenters. The van der Waals surface area contributed by atoms with Crippen LogP contribution in [-0.2, 0) is 28.4 Å². The van der Waals surface area contributed by atoms with Crippen molar-refractivity contribution in [1.29, 1.82) is 0 Å². The Hall–Kier alpha value is -0.640. The Balaban J connectivity index is 0.966. The topological polar surface area (TPSA) is 258 Å². The van der Waals surface area contributed by atoms with E-state index in [1.165, 1.54) is 6.92 Å². The van der Waals surface area contributed by atoms with Gasteiger partial charge < -0.3 is 79.5 Å². The van der Waals surface area contributed by atoms with Crippen molar-refractivity contribution in [3.05, 3.63) is 0 Å². The smallest absolute Gasteiger partial charge is 0.187 e. The Morgan fingerprint density at radius 1 is 0.587 bits per heavy atom. The van der Waals surface area contributed by atoms with Gasteiger partial charge in [-0.1, -0.05) is 41.5 Å². The minimum Gasteiger partial charge on any atom is -0.394 e. The van der Waals surface area contributed by atoms with Crippen LogP contribution < -0.4 is 0 Å². The zero-order chi connectivity index (χ0) is 46.1. The third-order valence-corrected chi connectivity index (χ3v) is 19.8. The van der Waals surface area contributed by atoms with Crippen molar-refractivity contribution in [3.63, 3.8) is 0 Å². The monoisotopic (exact) mass is 901 g/mol. The summed E-state index contributed by atoms with van der Waals surface area (Å²) >= 11 is 0. The zero-order valence-corrected chi connectivity index (χ0v) is 38.8. The third-order valence-electron chi connectivity index (χ3n) is 19.8. The van der Waals surface area contributed by atoms with Gasteiger partial charge in [0.2, 0.25) is 0 Å². The van der Waals surface area contributed by atoms with Crippen LogP contribution in [0.2, 0.25) is 0 Å². The SMILES string of the molecule is C[C@@H]1O[C@@H](O[C@@H]2[C@H](O)[C@@H](O)[C@H](OC(C)(C)[C@@H]3CC[C@@]4(C)[C@H]3[C@@H](O)C[C@]3(C)[C@@H]4CC[C@@H]4[C@]5(C)CC[C@H](O[C@@H]6OC[C@H](O)[C@H](O)[C@H]6O)C(C)(C)[C@H]5CC[C@]43C)O[C@@H]2CO)[C@H](O)[C@H](O)[C@H]1O. The molecule has 5 aliphatic carbocycles. The molecule has 8 rings (SSSR count). The lowest BCUT2D eigenvalue weighted by molar-refractivity contribution is -0.368. The molecular weight excluding hydrogens is 821 g/mol. The molecule has 0 radical (unpaired) electrons. The van der Waals surface area contributed by atoms with Crippen molar-refractivity contribution in [2.45, 2.75) is 224 Å². The second-order valence-electron chi connectivity index (χ2n) is 23.5. The summed E-state index contributed by atoms with van der Waals surface area (Å²) in [5.41, 5.74) is -1.59. The van der Waals surface area contributed by atoms with Gasteiger partial charge in [0.1, 0.15) is 61.0 Å². The van der Waals surface area contributed by atoms with Gasteiger partial charge in [0.25, 0.3) is 0 Å². The second-order valence-corrected chi connectivity index (χ2v) is 23.5. The molecule has 3 saturated heterocycles. The van der Waals surface area contributed by atoms with E-state index in [0.717, 1.165) is 51.4 Å². The number of fused-ring (bicyclic) bond motifs is 7. The largest absolute Gasteiger partial charge is 0.394 e. The van der Waals surface area contributed by atoms with Crippen LogP contribution in [0.1, 0.15) is 120 Å².